The Balaban J connectivity index is 1.92. The molecule has 3 rings (SSSR count). The highest BCUT2D eigenvalue weighted by Crippen LogP contribution is 2.22. The van der Waals surface area contributed by atoms with Crippen molar-refractivity contribution in [3.05, 3.63) is 69.3 Å². The molecule has 8 heteroatoms. The Morgan fingerprint density at radius 1 is 1.10 bits per heavy atom. The number of nitrogens with zero attached hydrogens (tertiary/aromatic N) is 1. The van der Waals surface area contributed by atoms with E-state index in [2.05, 4.69) is 5.32 Å². The van der Waals surface area contributed by atoms with Gasteiger partial charge in [-0.1, -0.05) is 35.3 Å². The zero-order valence-electron chi connectivity index (χ0n) is 17.5. The third kappa shape index (κ3) is 6.00. The van der Waals surface area contributed by atoms with Crippen molar-refractivity contribution in [1.82, 2.24) is 10.2 Å². The lowest BCUT2D eigenvalue weighted by molar-refractivity contribution is -0.139. The number of carbonyl (C=O) groups excluding carboxylic acids is 2. The molecule has 1 fully saturated rings. The van der Waals surface area contributed by atoms with Crippen LogP contribution in [0, 0.1) is 0 Å². The molecule has 1 heterocycles. The van der Waals surface area contributed by atoms with Crippen LogP contribution in [0.5, 0.6) is 5.75 Å². The number of halogens is 2. The first-order valence-corrected chi connectivity index (χ1v) is 10.6. The first kappa shape index (κ1) is 23.1. The number of rotatable bonds is 5. The van der Waals surface area contributed by atoms with Gasteiger partial charge in [0.15, 0.2) is 0 Å². The molecule has 1 aliphatic rings. The molecule has 2 aromatic rings. The van der Waals surface area contributed by atoms with Gasteiger partial charge in [0.25, 0.3) is 11.8 Å². The van der Waals surface area contributed by atoms with Gasteiger partial charge in [0, 0.05) is 18.1 Å². The molecule has 0 aromatic heterocycles. The minimum atomic E-state index is -0.496. The fourth-order valence-corrected chi connectivity index (χ4v) is 3.89. The number of morpholine rings is 1. The van der Waals surface area contributed by atoms with Crippen molar-refractivity contribution in [2.75, 3.05) is 20.2 Å². The maximum Gasteiger partial charge on any atom is 0.270 e. The molecule has 0 bridgehead atoms. The van der Waals surface area contributed by atoms with E-state index >= 15 is 0 Å². The highest BCUT2D eigenvalue weighted by atomic mass is 35.5. The molecule has 2 amide bonds. The van der Waals surface area contributed by atoms with Crippen molar-refractivity contribution in [2.45, 2.75) is 26.1 Å². The molecule has 164 valence electrons. The number of ether oxygens (including phenoxy) is 2. The van der Waals surface area contributed by atoms with Crippen LogP contribution in [0.25, 0.3) is 6.08 Å². The van der Waals surface area contributed by atoms with E-state index in [0.29, 0.717) is 23.9 Å². The van der Waals surface area contributed by atoms with Gasteiger partial charge in [0.1, 0.15) is 11.4 Å². The van der Waals surface area contributed by atoms with Gasteiger partial charge >= 0.3 is 0 Å². The smallest absolute Gasteiger partial charge is 0.270 e. The van der Waals surface area contributed by atoms with E-state index in [4.69, 9.17) is 32.7 Å². The Morgan fingerprint density at radius 2 is 1.74 bits per heavy atom. The number of carbonyl (C=O) groups is 2. The Bertz CT molecular complexity index is 982. The first-order valence-electron chi connectivity index (χ1n) is 9.83. The van der Waals surface area contributed by atoms with Crippen LogP contribution >= 0.6 is 23.2 Å². The maximum atomic E-state index is 13.3. The van der Waals surface area contributed by atoms with Crippen molar-refractivity contribution in [2.24, 2.45) is 0 Å². The molecular formula is C23H24Cl2N2O4. The lowest BCUT2D eigenvalue weighted by Crippen LogP contribution is -2.50. The topological polar surface area (TPSA) is 67.9 Å². The van der Waals surface area contributed by atoms with Gasteiger partial charge in [-0.25, -0.2) is 0 Å². The van der Waals surface area contributed by atoms with Crippen molar-refractivity contribution in [1.29, 1.82) is 0 Å². The van der Waals surface area contributed by atoms with Crippen molar-refractivity contribution in [3.63, 3.8) is 0 Å². The Labute approximate surface area is 191 Å². The minimum absolute atomic E-state index is 0.101. The van der Waals surface area contributed by atoms with Gasteiger partial charge in [-0.2, -0.15) is 0 Å². The van der Waals surface area contributed by atoms with E-state index in [-0.39, 0.29) is 34.4 Å². The number of hydrogen-bond donors (Lipinski definition) is 1. The zero-order valence-corrected chi connectivity index (χ0v) is 19.0. The summed E-state index contributed by atoms with van der Waals surface area (Å²) in [5, 5.41) is 3.35. The van der Waals surface area contributed by atoms with Gasteiger partial charge in [-0.3, -0.25) is 9.59 Å². The minimum Gasteiger partial charge on any atom is -0.497 e. The lowest BCUT2D eigenvalue weighted by Gasteiger charge is -2.35. The van der Waals surface area contributed by atoms with Gasteiger partial charge < -0.3 is 19.7 Å². The van der Waals surface area contributed by atoms with Gasteiger partial charge in [-0.05, 0) is 55.8 Å². The number of benzene rings is 2. The highest BCUT2D eigenvalue weighted by Gasteiger charge is 2.29. The molecule has 0 spiro atoms. The average Bonchev–Trinajstić information content (AvgIpc) is 2.72. The van der Waals surface area contributed by atoms with Crippen LogP contribution in [0.4, 0.5) is 0 Å². The van der Waals surface area contributed by atoms with E-state index in [0.717, 1.165) is 5.56 Å². The summed E-state index contributed by atoms with van der Waals surface area (Å²) in [6, 6.07) is 11.8. The zero-order chi connectivity index (χ0) is 22.5. The second-order valence-electron chi connectivity index (χ2n) is 7.38. The average molecular weight is 463 g/mol. The number of hydrogen-bond acceptors (Lipinski definition) is 4. The monoisotopic (exact) mass is 462 g/mol. The summed E-state index contributed by atoms with van der Waals surface area (Å²) in [5.74, 6) is -0.0989. The predicted octanol–water partition coefficient (Wildman–Crippen LogP) is 4.41. The molecule has 0 radical (unpaired) electrons. The SMILES string of the molecule is COc1ccc(/C=C(\NC(=O)c2ccc(Cl)cc2Cl)C(=O)N2C[C@@H](C)O[C@@H](C)C2)cc1. The quantitative estimate of drug-likeness (QED) is 0.668. The first-order chi connectivity index (χ1) is 14.8. The molecule has 0 aliphatic carbocycles. The molecule has 1 N–H and O–H groups in total. The van der Waals surface area contributed by atoms with Crippen LogP contribution in [-0.2, 0) is 9.53 Å². The van der Waals surface area contributed by atoms with E-state index < -0.39 is 5.91 Å². The summed E-state index contributed by atoms with van der Waals surface area (Å²) in [7, 11) is 1.58. The Morgan fingerprint density at radius 3 is 2.32 bits per heavy atom. The Kier molecular flexibility index (Phi) is 7.59. The summed E-state index contributed by atoms with van der Waals surface area (Å²) in [4.78, 5) is 27.9. The lowest BCUT2D eigenvalue weighted by atomic mass is 10.1. The van der Waals surface area contributed by atoms with E-state index in [1.54, 1.807) is 48.4 Å². The second-order valence-corrected chi connectivity index (χ2v) is 8.22. The summed E-state index contributed by atoms with van der Waals surface area (Å²) < 4.78 is 10.9. The predicted molar refractivity (Wildman–Crippen MR) is 121 cm³/mol. The maximum absolute atomic E-state index is 13.3. The molecule has 31 heavy (non-hydrogen) atoms. The van der Waals surface area contributed by atoms with Gasteiger partial charge in [0.2, 0.25) is 0 Å². The Hall–Kier alpha value is -2.54. The van der Waals surface area contributed by atoms with E-state index in [1.165, 1.54) is 12.1 Å². The summed E-state index contributed by atoms with van der Waals surface area (Å²) >= 11 is 12.1. The molecular weight excluding hydrogens is 439 g/mol. The van der Waals surface area contributed by atoms with Crippen LogP contribution in [0.15, 0.2) is 48.2 Å². The molecule has 1 saturated heterocycles. The highest BCUT2D eigenvalue weighted by molar-refractivity contribution is 6.36. The van der Waals surface area contributed by atoms with Crippen molar-refractivity contribution in [3.8, 4) is 5.75 Å². The van der Waals surface area contributed by atoms with Crippen LogP contribution in [-0.4, -0.2) is 49.1 Å². The summed E-state index contributed by atoms with van der Waals surface area (Å²) in [5.41, 5.74) is 1.10. The molecule has 0 unspecified atom stereocenters. The molecule has 6 nitrogen and oxygen atoms in total. The number of nitrogens with one attached hydrogen (secondary N) is 1. The molecule has 1 aliphatic heterocycles. The number of methoxy groups -OCH3 is 1. The van der Waals surface area contributed by atoms with E-state index in [9.17, 15) is 9.59 Å². The summed E-state index contributed by atoms with van der Waals surface area (Å²) in [6.07, 6.45) is 1.43. The van der Waals surface area contributed by atoms with Crippen LogP contribution in [0.3, 0.4) is 0 Å². The molecule has 2 atom stereocenters. The standard InChI is InChI=1S/C23H24Cl2N2O4/c1-14-12-27(13-15(2)31-14)23(29)21(10-16-4-7-18(30-3)8-5-16)26-22(28)19-9-6-17(24)11-20(19)25/h4-11,14-15H,12-13H2,1-3H3,(H,26,28)/b21-10-/t14-,15+. The largest absolute Gasteiger partial charge is 0.497 e. The fraction of sp³-hybridized carbons (Fsp3) is 0.304. The molecule has 0 saturated carbocycles. The number of amides is 2. The normalized spacial score (nSPS) is 19.1. The van der Waals surface area contributed by atoms with Gasteiger partial charge in [-0.15, -0.1) is 0 Å². The van der Waals surface area contributed by atoms with Crippen LogP contribution in [0.1, 0.15) is 29.8 Å². The fourth-order valence-electron chi connectivity index (χ4n) is 3.40. The third-order valence-electron chi connectivity index (χ3n) is 4.79. The van der Waals surface area contributed by atoms with Crippen molar-refractivity contribution < 1.29 is 19.1 Å². The second kappa shape index (κ2) is 10.2. The molecule has 2 aromatic carbocycles. The van der Waals surface area contributed by atoms with Crippen molar-refractivity contribution >= 4 is 41.1 Å². The van der Waals surface area contributed by atoms with Crippen LogP contribution in [0.2, 0.25) is 10.0 Å². The van der Waals surface area contributed by atoms with Crippen LogP contribution < -0.4 is 10.1 Å². The summed E-state index contributed by atoms with van der Waals surface area (Å²) in [6.45, 7) is 4.69. The van der Waals surface area contributed by atoms with E-state index in [1.807, 2.05) is 13.8 Å². The third-order valence-corrected chi connectivity index (χ3v) is 5.34. The van der Waals surface area contributed by atoms with Gasteiger partial charge in [0.05, 0.1) is 29.9 Å².